The summed E-state index contributed by atoms with van der Waals surface area (Å²) >= 11 is 0. The summed E-state index contributed by atoms with van der Waals surface area (Å²) in [6, 6.07) is 7.81. The quantitative estimate of drug-likeness (QED) is 0.790. The van der Waals surface area contributed by atoms with Crippen molar-refractivity contribution in [2.45, 2.75) is 45.8 Å². The summed E-state index contributed by atoms with van der Waals surface area (Å²) in [6.45, 7) is 9.77. The van der Waals surface area contributed by atoms with Gasteiger partial charge in [-0.1, -0.05) is 12.1 Å². The molecule has 0 aliphatic carbocycles. The molecule has 1 aromatic carbocycles. The zero-order valence-electron chi connectivity index (χ0n) is 14.0. The van der Waals surface area contributed by atoms with E-state index >= 15 is 0 Å². The van der Waals surface area contributed by atoms with Crippen molar-refractivity contribution in [3.63, 3.8) is 0 Å². The van der Waals surface area contributed by atoms with E-state index in [0.29, 0.717) is 22.5 Å². The topological polar surface area (TPSA) is 73.0 Å². The van der Waals surface area contributed by atoms with Crippen LogP contribution in [0.5, 0.6) is 0 Å². The smallest absolute Gasteiger partial charge is 0.399 e. The van der Waals surface area contributed by atoms with Gasteiger partial charge in [-0.05, 0) is 40.7 Å². The maximum Gasteiger partial charge on any atom is 0.496 e. The van der Waals surface area contributed by atoms with Crippen molar-refractivity contribution in [3.05, 3.63) is 35.9 Å². The second-order valence-electron chi connectivity index (χ2n) is 6.68. The van der Waals surface area contributed by atoms with E-state index in [2.05, 4.69) is 16.2 Å². The molecule has 0 radical (unpaired) electrons. The van der Waals surface area contributed by atoms with E-state index in [0.717, 1.165) is 0 Å². The highest BCUT2D eigenvalue weighted by molar-refractivity contribution is 6.63. The van der Waals surface area contributed by atoms with Crippen LogP contribution in [0.1, 0.15) is 39.1 Å². The van der Waals surface area contributed by atoms with E-state index < -0.39 is 18.3 Å². The molecular formula is C16H19BN4O2. The first-order valence-electron chi connectivity index (χ1n) is 7.52. The van der Waals surface area contributed by atoms with Crippen molar-refractivity contribution in [3.8, 4) is 11.8 Å². The van der Waals surface area contributed by atoms with Gasteiger partial charge in [-0.3, -0.25) is 0 Å². The van der Waals surface area contributed by atoms with Crippen LogP contribution in [0.25, 0.3) is 5.69 Å². The third-order valence-corrected chi connectivity index (χ3v) is 4.55. The molecule has 1 aromatic heterocycles. The molecule has 6 nitrogen and oxygen atoms in total. The molecular weight excluding hydrogens is 291 g/mol. The summed E-state index contributed by atoms with van der Waals surface area (Å²) in [7, 11) is -0.584. The number of hydrogen-bond donors (Lipinski definition) is 0. The van der Waals surface area contributed by atoms with Gasteiger partial charge in [0.15, 0.2) is 0 Å². The Morgan fingerprint density at radius 1 is 1.17 bits per heavy atom. The molecule has 0 atom stereocenters. The molecule has 0 unspecified atom stereocenters. The molecule has 0 spiro atoms. The van der Waals surface area contributed by atoms with Gasteiger partial charge in [0.05, 0.1) is 22.5 Å². The maximum atomic E-state index is 9.67. The van der Waals surface area contributed by atoms with Crippen LogP contribution in [0.3, 0.4) is 0 Å². The molecule has 0 bridgehead atoms. The second kappa shape index (κ2) is 5.19. The number of benzene rings is 1. The van der Waals surface area contributed by atoms with Crippen LogP contribution in [0.4, 0.5) is 0 Å². The Bertz CT molecular complexity index is 776. The van der Waals surface area contributed by atoms with E-state index in [1.165, 1.54) is 0 Å². The minimum atomic E-state index is -0.584. The van der Waals surface area contributed by atoms with Crippen LogP contribution < -0.4 is 5.46 Å². The number of rotatable bonds is 2. The van der Waals surface area contributed by atoms with E-state index in [9.17, 15) is 5.26 Å². The second-order valence-corrected chi connectivity index (χ2v) is 6.68. The molecule has 1 aliphatic rings. The number of nitriles is 1. The number of aromatic nitrogens is 3. The Labute approximate surface area is 136 Å². The SMILES string of the molecule is Cc1ncn(-c2cccc(B3OC(C)(C)C(C)(C)O3)c2C#N)n1. The van der Waals surface area contributed by atoms with Gasteiger partial charge in [-0.15, -0.1) is 0 Å². The maximum absolute atomic E-state index is 9.67. The largest absolute Gasteiger partial charge is 0.496 e. The highest BCUT2D eigenvalue weighted by atomic mass is 16.7. The first-order valence-corrected chi connectivity index (χ1v) is 7.52. The van der Waals surface area contributed by atoms with Crippen LogP contribution in [0.2, 0.25) is 0 Å². The van der Waals surface area contributed by atoms with E-state index in [-0.39, 0.29) is 0 Å². The number of hydrogen-bond acceptors (Lipinski definition) is 5. The van der Waals surface area contributed by atoms with Gasteiger partial charge < -0.3 is 9.31 Å². The summed E-state index contributed by atoms with van der Waals surface area (Å²) in [4.78, 5) is 4.12. The van der Waals surface area contributed by atoms with E-state index in [4.69, 9.17) is 9.31 Å². The Morgan fingerprint density at radius 2 is 1.83 bits per heavy atom. The van der Waals surface area contributed by atoms with Crippen molar-refractivity contribution in [1.29, 1.82) is 5.26 Å². The van der Waals surface area contributed by atoms with Crippen LogP contribution in [-0.4, -0.2) is 33.1 Å². The lowest BCUT2D eigenvalue weighted by molar-refractivity contribution is 0.00578. The lowest BCUT2D eigenvalue weighted by atomic mass is 9.75. The highest BCUT2D eigenvalue weighted by Gasteiger charge is 2.52. The molecule has 118 valence electrons. The Hall–Kier alpha value is -2.17. The fourth-order valence-corrected chi connectivity index (χ4v) is 2.50. The summed E-state index contributed by atoms with van der Waals surface area (Å²) in [6.07, 6.45) is 1.60. The first-order chi connectivity index (χ1) is 10.7. The monoisotopic (exact) mass is 310 g/mol. The molecule has 7 heteroatoms. The molecule has 23 heavy (non-hydrogen) atoms. The third-order valence-electron chi connectivity index (χ3n) is 4.55. The lowest BCUT2D eigenvalue weighted by Crippen LogP contribution is -2.41. The van der Waals surface area contributed by atoms with Gasteiger partial charge in [0.25, 0.3) is 0 Å². The van der Waals surface area contributed by atoms with E-state index in [1.807, 2.05) is 45.9 Å². The molecule has 0 amide bonds. The van der Waals surface area contributed by atoms with Gasteiger partial charge in [0.2, 0.25) is 0 Å². The fourth-order valence-electron chi connectivity index (χ4n) is 2.50. The van der Waals surface area contributed by atoms with Gasteiger partial charge >= 0.3 is 7.12 Å². The predicted octanol–water partition coefficient (Wildman–Crippen LogP) is 1.75. The number of nitrogens with zero attached hydrogens (tertiary/aromatic N) is 4. The van der Waals surface area contributed by atoms with Crippen molar-refractivity contribution in [1.82, 2.24) is 14.8 Å². The minimum Gasteiger partial charge on any atom is -0.399 e. The van der Waals surface area contributed by atoms with Gasteiger partial charge in [0.1, 0.15) is 18.2 Å². The van der Waals surface area contributed by atoms with Crippen molar-refractivity contribution in [2.75, 3.05) is 0 Å². The summed E-state index contributed by atoms with van der Waals surface area (Å²) in [5.41, 5.74) is 0.946. The van der Waals surface area contributed by atoms with Gasteiger partial charge in [-0.2, -0.15) is 10.4 Å². The molecule has 1 saturated heterocycles. The number of aryl methyl sites for hydroxylation is 1. The minimum absolute atomic E-state index is 0.454. The zero-order chi connectivity index (χ0) is 16.8. The summed E-state index contributed by atoms with van der Waals surface area (Å²) < 4.78 is 13.7. The van der Waals surface area contributed by atoms with Crippen LogP contribution >= 0.6 is 0 Å². The lowest BCUT2D eigenvalue weighted by Gasteiger charge is -2.32. The van der Waals surface area contributed by atoms with Crippen molar-refractivity contribution >= 4 is 12.6 Å². The van der Waals surface area contributed by atoms with Crippen LogP contribution in [0, 0.1) is 18.3 Å². The standard InChI is InChI=1S/C16H19BN4O2/c1-11-19-10-21(20-11)14-8-6-7-13(12(14)9-18)17-22-15(2,3)16(4,5)23-17/h6-8,10H,1-5H3. The fraction of sp³-hybridized carbons (Fsp3) is 0.438. The van der Waals surface area contributed by atoms with Gasteiger partial charge in [-0.25, -0.2) is 9.67 Å². The predicted molar refractivity (Wildman–Crippen MR) is 86.5 cm³/mol. The summed E-state index contributed by atoms with van der Waals surface area (Å²) in [5, 5.41) is 14.0. The van der Waals surface area contributed by atoms with Crippen molar-refractivity contribution < 1.29 is 9.31 Å². The zero-order valence-corrected chi connectivity index (χ0v) is 14.0. The van der Waals surface area contributed by atoms with Crippen LogP contribution in [0.15, 0.2) is 24.5 Å². The molecule has 0 N–H and O–H groups in total. The summed E-state index contributed by atoms with van der Waals surface area (Å²) in [5.74, 6) is 0.648. The normalized spacial score (nSPS) is 18.9. The Kier molecular flexibility index (Phi) is 3.54. The third kappa shape index (κ3) is 2.54. The molecule has 3 rings (SSSR count). The molecule has 2 heterocycles. The molecule has 2 aromatic rings. The highest BCUT2D eigenvalue weighted by Crippen LogP contribution is 2.36. The first kappa shape index (κ1) is 15.7. The average molecular weight is 310 g/mol. The van der Waals surface area contributed by atoms with Crippen molar-refractivity contribution in [2.24, 2.45) is 0 Å². The Balaban J connectivity index is 2.07. The van der Waals surface area contributed by atoms with E-state index in [1.54, 1.807) is 17.9 Å². The molecule has 0 saturated carbocycles. The van der Waals surface area contributed by atoms with Crippen LogP contribution in [-0.2, 0) is 9.31 Å². The van der Waals surface area contributed by atoms with Gasteiger partial charge in [0, 0.05) is 5.46 Å². The molecule has 1 fully saturated rings. The Morgan fingerprint density at radius 3 is 2.35 bits per heavy atom. The molecule has 1 aliphatic heterocycles. The average Bonchev–Trinajstić information content (AvgIpc) is 2.99.